The number of hydrogen-bond acceptors (Lipinski definition) is 2. The van der Waals surface area contributed by atoms with Gasteiger partial charge in [-0.05, 0) is 102 Å². The van der Waals surface area contributed by atoms with Crippen LogP contribution in [-0.4, -0.2) is 30.5 Å². The van der Waals surface area contributed by atoms with Gasteiger partial charge in [-0.3, -0.25) is 4.79 Å². The molecule has 0 bridgehead atoms. The fourth-order valence-corrected chi connectivity index (χ4v) is 4.13. The molecule has 2 aromatic rings. The summed E-state index contributed by atoms with van der Waals surface area (Å²) in [6, 6.07) is 8.13. The predicted octanol–water partition coefficient (Wildman–Crippen LogP) is 4.78. The number of carbonyl (C=O) groups excluding carboxylic acids is 1. The molecule has 0 aliphatic carbocycles. The molecule has 25 heavy (non-hydrogen) atoms. The van der Waals surface area contributed by atoms with Crippen LogP contribution in [0.2, 0.25) is 0 Å². The summed E-state index contributed by atoms with van der Waals surface area (Å²) in [6.07, 6.45) is 0.153. The summed E-state index contributed by atoms with van der Waals surface area (Å²) >= 11 is 0. The van der Waals surface area contributed by atoms with E-state index in [9.17, 15) is 4.79 Å². The Bertz CT molecular complexity index is 782. The molecule has 2 nitrogen and oxygen atoms in total. The molecule has 0 aliphatic rings. The number of carbonyl (C=O) groups is 1. The third-order valence-electron chi connectivity index (χ3n) is 4.40. The van der Waals surface area contributed by atoms with Gasteiger partial charge in [-0.25, -0.2) is 0 Å². The van der Waals surface area contributed by atoms with Crippen molar-refractivity contribution in [3.05, 3.63) is 57.6 Å². The van der Waals surface area contributed by atoms with Gasteiger partial charge in [0.2, 0.25) is 0 Å². The molecule has 0 fully saturated rings. The molecule has 0 saturated heterocycles. The zero-order valence-corrected chi connectivity index (χ0v) is 17.7. The van der Waals surface area contributed by atoms with E-state index in [0.29, 0.717) is 0 Å². The number of aryl methyl sites for hydroxylation is 3. The Labute approximate surface area is 165 Å². The van der Waals surface area contributed by atoms with Gasteiger partial charge in [-0.2, -0.15) is 0 Å². The van der Waals surface area contributed by atoms with Crippen LogP contribution in [0, 0.1) is 34.6 Å². The Kier molecular flexibility index (Phi) is 7.95. The second-order valence-corrected chi connectivity index (χ2v) is 7.98. The Morgan fingerprint density at radius 3 is 2.12 bits per heavy atom. The van der Waals surface area contributed by atoms with Gasteiger partial charge in [-0.15, -0.1) is 0 Å². The van der Waals surface area contributed by atoms with Crippen molar-refractivity contribution in [3.8, 4) is 5.75 Å². The minimum Gasteiger partial charge on any atom is -0.491 e. The Hall–Kier alpha value is -1.06. The number of benzene rings is 2. The molecule has 129 valence electrons. The maximum absolute atomic E-state index is 12.9. The van der Waals surface area contributed by atoms with Gasteiger partial charge in [0.05, 0.1) is 6.10 Å². The number of ether oxygens (including phenoxy) is 1. The second-order valence-electron chi connectivity index (χ2n) is 6.73. The smallest absolute Gasteiger partial charge is 0.186 e. The zero-order chi connectivity index (χ0) is 18.0. The predicted molar refractivity (Wildman–Crippen MR) is 110 cm³/mol. The molecule has 0 amide bonds. The van der Waals surface area contributed by atoms with Gasteiger partial charge in [-0.1, -0.05) is 12.1 Å². The molecule has 0 saturated carbocycles. The summed E-state index contributed by atoms with van der Waals surface area (Å²) in [5.74, 6) is 0.863. The van der Waals surface area contributed by atoms with E-state index in [2.05, 4.69) is 26.8 Å². The molecule has 1 radical (unpaired) electrons. The van der Waals surface area contributed by atoms with Crippen molar-refractivity contribution in [1.29, 1.82) is 0 Å². The Balaban J connectivity index is 0.00000312. The summed E-state index contributed by atoms with van der Waals surface area (Å²) in [7, 11) is 0.138. The molecule has 1 unspecified atom stereocenters. The van der Waals surface area contributed by atoms with Crippen LogP contribution in [0.1, 0.15) is 52.0 Å². The average Bonchev–Trinajstić information content (AvgIpc) is 2.47. The first-order chi connectivity index (χ1) is 11.2. The molecule has 1 atom stereocenters. The SMILES string of the molecule is Cc1cc(OC(C)C)ccc1PC(=O)c1c(C)cc(C)c(C)c1C.[Li]. The molecule has 0 N–H and O–H groups in total. The van der Waals surface area contributed by atoms with Crippen LogP contribution in [-0.2, 0) is 0 Å². The molecular formula is C21H27LiO2P. The van der Waals surface area contributed by atoms with Gasteiger partial charge in [0.1, 0.15) is 5.75 Å². The van der Waals surface area contributed by atoms with Gasteiger partial charge in [0.25, 0.3) is 0 Å². The molecule has 2 aromatic carbocycles. The van der Waals surface area contributed by atoms with Gasteiger partial charge in [0, 0.05) is 24.4 Å². The molecule has 0 aliphatic heterocycles. The first kappa shape index (κ1) is 22.0. The minimum atomic E-state index is 0. The first-order valence-electron chi connectivity index (χ1n) is 8.36. The molecule has 4 heteroatoms. The van der Waals surface area contributed by atoms with Gasteiger partial charge < -0.3 is 4.74 Å². The largest absolute Gasteiger partial charge is 0.491 e. The first-order valence-corrected chi connectivity index (χ1v) is 9.36. The van der Waals surface area contributed by atoms with Crippen LogP contribution >= 0.6 is 8.58 Å². The number of rotatable bonds is 5. The van der Waals surface area contributed by atoms with E-state index in [1.165, 1.54) is 11.1 Å². The summed E-state index contributed by atoms with van der Waals surface area (Å²) in [5, 5.41) is 1.09. The van der Waals surface area contributed by atoms with Crippen LogP contribution < -0.4 is 10.0 Å². The van der Waals surface area contributed by atoms with Crippen molar-refractivity contribution in [3.63, 3.8) is 0 Å². The normalized spacial score (nSPS) is 11.0. The Morgan fingerprint density at radius 1 is 0.920 bits per heavy atom. The maximum Gasteiger partial charge on any atom is 0.186 e. The molecule has 0 heterocycles. The van der Waals surface area contributed by atoms with Gasteiger partial charge >= 0.3 is 0 Å². The zero-order valence-electron chi connectivity index (χ0n) is 16.7. The molecule has 0 aromatic heterocycles. The maximum atomic E-state index is 12.9. The topological polar surface area (TPSA) is 26.3 Å². The fourth-order valence-electron chi connectivity index (χ4n) is 2.94. The van der Waals surface area contributed by atoms with Crippen molar-refractivity contribution in [2.75, 3.05) is 0 Å². The molecular weight excluding hydrogens is 322 g/mol. The van der Waals surface area contributed by atoms with Crippen molar-refractivity contribution in [1.82, 2.24) is 0 Å². The van der Waals surface area contributed by atoms with E-state index < -0.39 is 0 Å². The van der Waals surface area contributed by atoms with E-state index in [1.807, 2.05) is 45.9 Å². The summed E-state index contributed by atoms with van der Waals surface area (Å²) in [4.78, 5) is 12.9. The quantitative estimate of drug-likeness (QED) is 0.574. The second kappa shape index (κ2) is 9.04. The summed E-state index contributed by atoms with van der Waals surface area (Å²) in [6.45, 7) is 14.3. The number of hydrogen-bond donors (Lipinski definition) is 0. The minimum absolute atomic E-state index is 0. The van der Waals surface area contributed by atoms with E-state index >= 15 is 0 Å². The molecule has 2 rings (SSSR count). The Morgan fingerprint density at radius 2 is 1.56 bits per heavy atom. The monoisotopic (exact) mass is 349 g/mol. The van der Waals surface area contributed by atoms with Crippen LogP contribution in [0.4, 0.5) is 0 Å². The van der Waals surface area contributed by atoms with Crippen LogP contribution in [0.25, 0.3) is 0 Å². The van der Waals surface area contributed by atoms with Crippen molar-refractivity contribution < 1.29 is 9.53 Å². The fraction of sp³-hybridized carbons (Fsp3) is 0.381. The average molecular weight is 349 g/mol. The van der Waals surface area contributed by atoms with E-state index in [4.69, 9.17) is 4.74 Å². The van der Waals surface area contributed by atoms with Crippen LogP contribution in [0.5, 0.6) is 5.75 Å². The summed E-state index contributed by atoms with van der Waals surface area (Å²) < 4.78 is 5.72. The third-order valence-corrected chi connectivity index (χ3v) is 5.71. The standard InChI is InChI=1S/C21H27O2P.Li/c1-12(2)23-18-8-9-19(14(4)11-18)24-21(22)20-15(5)10-13(3)16(6)17(20)7;/h8-12,24H,1-7H3;. The molecule has 0 spiro atoms. The van der Waals surface area contributed by atoms with Crippen molar-refractivity contribution in [2.24, 2.45) is 0 Å². The van der Waals surface area contributed by atoms with Gasteiger partial charge in [0.15, 0.2) is 5.52 Å². The third kappa shape index (κ3) is 5.21. The van der Waals surface area contributed by atoms with E-state index in [-0.39, 0.29) is 39.1 Å². The summed E-state index contributed by atoms with van der Waals surface area (Å²) in [5.41, 5.74) is 6.86. The van der Waals surface area contributed by atoms with Crippen molar-refractivity contribution >= 4 is 38.3 Å². The van der Waals surface area contributed by atoms with E-state index in [0.717, 1.165) is 33.3 Å². The van der Waals surface area contributed by atoms with Crippen molar-refractivity contribution in [2.45, 2.75) is 54.6 Å². The van der Waals surface area contributed by atoms with E-state index in [1.54, 1.807) is 0 Å². The van der Waals surface area contributed by atoms with Crippen LogP contribution in [0.15, 0.2) is 24.3 Å². The van der Waals surface area contributed by atoms with Crippen LogP contribution in [0.3, 0.4) is 0 Å².